The van der Waals surface area contributed by atoms with Crippen molar-refractivity contribution >= 4 is 17.7 Å². The number of thioether (sulfide) groups is 1. The third-order valence-electron chi connectivity index (χ3n) is 3.20. The largest absolute Gasteiger partial charge is 0.340 e. The molecule has 1 rings (SSSR count). The quantitative estimate of drug-likeness (QED) is 0.742. The fourth-order valence-electron chi connectivity index (χ4n) is 1.77. The Bertz CT molecular complexity index is 384. The lowest BCUT2D eigenvalue weighted by molar-refractivity contribution is 0.665. The van der Waals surface area contributed by atoms with Crippen LogP contribution in [0.5, 0.6) is 0 Å². The zero-order chi connectivity index (χ0) is 14.3. The van der Waals surface area contributed by atoms with E-state index in [0.29, 0.717) is 6.04 Å². The molecular weight excluding hydrogens is 256 g/mol. The van der Waals surface area contributed by atoms with Gasteiger partial charge in [-0.1, -0.05) is 6.92 Å². The summed E-state index contributed by atoms with van der Waals surface area (Å²) >= 11 is 1.85. The summed E-state index contributed by atoms with van der Waals surface area (Å²) in [5.74, 6) is 1.90. The summed E-state index contributed by atoms with van der Waals surface area (Å²) in [6.45, 7) is 8.31. The van der Waals surface area contributed by atoms with Gasteiger partial charge in [0.15, 0.2) is 0 Å². The zero-order valence-corrected chi connectivity index (χ0v) is 13.5. The monoisotopic (exact) mass is 282 g/mol. The number of rotatable bonds is 8. The smallest absolute Gasteiger partial charge is 0.225 e. The van der Waals surface area contributed by atoms with Gasteiger partial charge in [0.25, 0.3) is 0 Å². The fourth-order valence-corrected chi connectivity index (χ4v) is 2.48. The molecule has 1 aromatic rings. The average molecular weight is 282 g/mol. The number of nitrogens with zero attached hydrogens (tertiary/aromatic N) is 3. The SMILES string of the molecule is CCCNCc1cnc(N(C)C(C)CSC)nc1C. The molecule has 1 aromatic heterocycles. The predicted molar refractivity (Wildman–Crippen MR) is 85.0 cm³/mol. The molecule has 4 nitrogen and oxygen atoms in total. The first kappa shape index (κ1) is 16.2. The molecule has 0 aromatic carbocycles. The summed E-state index contributed by atoms with van der Waals surface area (Å²) in [5, 5.41) is 3.39. The Kier molecular flexibility index (Phi) is 7.16. The van der Waals surface area contributed by atoms with Crippen LogP contribution in [0.3, 0.4) is 0 Å². The van der Waals surface area contributed by atoms with Crippen LogP contribution in [0.15, 0.2) is 6.20 Å². The van der Waals surface area contributed by atoms with Gasteiger partial charge in [-0.3, -0.25) is 0 Å². The minimum atomic E-state index is 0.443. The maximum atomic E-state index is 4.62. The number of aryl methyl sites for hydroxylation is 1. The molecule has 1 atom stereocenters. The molecule has 1 unspecified atom stereocenters. The number of hydrogen-bond acceptors (Lipinski definition) is 5. The maximum Gasteiger partial charge on any atom is 0.225 e. The van der Waals surface area contributed by atoms with Crippen LogP contribution < -0.4 is 10.2 Å². The Morgan fingerprint density at radius 1 is 1.47 bits per heavy atom. The van der Waals surface area contributed by atoms with E-state index < -0.39 is 0 Å². The molecule has 5 heteroatoms. The van der Waals surface area contributed by atoms with E-state index in [1.54, 1.807) is 0 Å². The van der Waals surface area contributed by atoms with Gasteiger partial charge in [0.2, 0.25) is 5.95 Å². The third-order valence-corrected chi connectivity index (χ3v) is 4.01. The summed E-state index contributed by atoms with van der Waals surface area (Å²) in [6.07, 6.45) is 5.22. The molecule has 0 bridgehead atoms. The summed E-state index contributed by atoms with van der Waals surface area (Å²) in [4.78, 5) is 11.3. The van der Waals surface area contributed by atoms with Gasteiger partial charge in [0.05, 0.1) is 0 Å². The van der Waals surface area contributed by atoms with E-state index >= 15 is 0 Å². The van der Waals surface area contributed by atoms with Gasteiger partial charge < -0.3 is 10.2 Å². The van der Waals surface area contributed by atoms with Crippen LogP contribution in [0.2, 0.25) is 0 Å². The van der Waals surface area contributed by atoms with Gasteiger partial charge in [0.1, 0.15) is 0 Å². The van der Waals surface area contributed by atoms with Gasteiger partial charge in [0, 0.05) is 42.8 Å². The van der Waals surface area contributed by atoms with Gasteiger partial charge in [-0.25, -0.2) is 9.97 Å². The fraction of sp³-hybridized carbons (Fsp3) is 0.714. The van der Waals surface area contributed by atoms with Crippen LogP contribution in [0, 0.1) is 6.92 Å². The minimum Gasteiger partial charge on any atom is -0.340 e. The summed E-state index contributed by atoms with van der Waals surface area (Å²) in [7, 11) is 2.06. The van der Waals surface area contributed by atoms with Gasteiger partial charge in [-0.15, -0.1) is 0 Å². The summed E-state index contributed by atoms with van der Waals surface area (Å²) in [5.41, 5.74) is 2.25. The normalized spacial score (nSPS) is 12.5. The number of aromatic nitrogens is 2. The van der Waals surface area contributed by atoms with Crippen molar-refractivity contribution in [3.63, 3.8) is 0 Å². The van der Waals surface area contributed by atoms with Crippen molar-refractivity contribution in [2.24, 2.45) is 0 Å². The zero-order valence-electron chi connectivity index (χ0n) is 12.7. The number of anilines is 1. The highest BCUT2D eigenvalue weighted by Crippen LogP contribution is 2.14. The predicted octanol–water partition coefficient (Wildman–Crippen LogP) is 2.47. The van der Waals surface area contributed by atoms with Crippen molar-refractivity contribution in [3.05, 3.63) is 17.5 Å². The van der Waals surface area contributed by atoms with Gasteiger partial charge >= 0.3 is 0 Å². The second-order valence-electron chi connectivity index (χ2n) is 4.87. The Morgan fingerprint density at radius 2 is 2.21 bits per heavy atom. The molecule has 0 aliphatic carbocycles. The Hall–Kier alpha value is -0.810. The van der Waals surface area contributed by atoms with Crippen LogP contribution in [0.1, 0.15) is 31.5 Å². The molecule has 0 spiro atoms. The Labute approximate surface area is 121 Å². The average Bonchev–Trinajstić information content (AvgIpc) is 2.40. The van der Waals surface area contributed by atoms with Crippen LogP contribution in [-0.2, 0) is 6.54 Å². The second-order valence-corrected chi connectivity index (χ2v) is 5.78. The maximum absolute atomic E-state index is 4.62. The van der Waals surface area contributed by atoms with E-state index in [2.05, 4.69) is 54.3 Å². The van der Waals surface area contributed by atoms with Gasteiger partial charge in [-0.05, 0) is 33.1 Å². The molecule has 19 heavy (non-hydrogen) atoms. The van der Waals surface area contributed by atoms with Gasteiger partial charge in [-0.2, -0.15) is 11.8 Å². The van der Waals surface area contributed by atoms with Crippen LogP contribution in [0.4, 0.5) is 5.95 Å². The minimum absolute atomic E-state index is 0.443. The Morgan fingerprint density at radius 3 is 2.79 bits per heavy atom. The molecule has 0 aliphatic rings. The lowest BCUT2D eigenvalue weighted by Gasteiger charge is -2.24. The number of hydrogen-bond donors (Lipinski definition) is 1. The molecule has 0 saturated heterocycles. The first-order chi connectivity index (χ1) is 9.10. The molecular formula is C14H26N4S. The highest BCUT2D eigenvalue weighted by molar-refractivity contribution is 7.98. The van der Waals surface area contributed by atoms with Crippen molar-refractivity contribution < 1.29 is 0 Å². The van der Waals surface area contributed by atoms with E-state index in [-0.39, 0.29) is 0 Å². The molecule has 1 heterocycles. The van der Waals surface area contributed by atoms with E-state index in [4.69, 9.17) is 0 Å². The standard InChI is InChI=1S/C14H26N4S/c1-6-7-15-8-13-9-16-14(17-12(13)3)18(4)11(2)10-19-5/h9,11,15H,6-8,10H2,1-5H3. The first-order valence-corrected chi connectivity index (χ1v) is 8.24. The highest BCUT2D eigenvalue weighted by atomic mass is 32.2. The van der Waals surface area contributed by atoms with Crippen molar-refractivity contribution in [2.45, 2.75) is 39.8 Å². The molecule has 0 saturated carbocycles. The Balaban J connectivity index is 2.70. The topological polar surface area (TPSA) is 41.1 Å². The van der Waals surface area contributed by atoms with Crippen LogP contribution in [0.25, 0.3) is 0 Å². The summed E-state index contributed by atoms with van der Waals surface area (Å²) < 4.78 is 0. The molecule has 0 aliphatic heterocycles. The molecule has 1 N–H and O–H groups in total. The lowest BCUT2D eigenvalue weighted by Crippen LogP contribution is -2.32. The number of nitrogens with one attached hydrogen (secondary N) is 1. The molecule has 0 fully saturated rings. The van der Waals surface area contributed by atoms with Crippen molar-refractivity contribution in [2.75, 3.05) is 30.5 Å². The summed E-state index contributed by atoms with van der Waals surface area (Å²) in [6, 6.07) is 0.443. The van der Waals surface area contributed by atoms with Crippen molar-refractivity contribution in [1.82, 2.24) is 15.3 Å². The molecule has 0 amide bonds. The highest BCUT2D eigenvalue weighted by Gasteiger charge is 2.13. The molecule has 0 radical (unpaired) electrons. The van der Waals surface area contributed by atoms with Crippen molar-refractivity contribution in [3.8, 4) is 0 Å². The second kappa shape index (κ2) is 8.38. The van der Waals surface area contributed by atoms with E-state index in [1.165, 1.54) is 5.56 Å². The van der Waals surface area contributed by atoms with E-state index in [0.717, 1.165) is 36.9 Å². The van der Waals surface area contributed by atoms with Crippen molar-refractivity contribution in [1.29, 1.82) is 0 Å². The first-order valence-electron chi connectivity index (χ1n) is 6.85. The van der Waals surface area contributed by atoms with E-state index in [1.807, 2.05) is 18.0 Å². The van der Waals surface area contributed by atoms with Crippen LogP contribution >= 0.6 is 11.8 Å². The molecule has 108 valence electrons. The van der Waals surface area contributed by atoms with E-state index in [9.17, 15) is 0 Å². The van der Waals surface area contributed by atoms with Crippen LogP contribution in [-0.4, -0.2) is 41.6 Å². The lowest BCUT2D eigenvalue weighted by atomic mass is 10.2. The third kappa shape index (κ3) is 4.99.